The van der Waals surface area contributed by atoms with Gasteiger partial charge >= 0.3 is 5.97 Å². The fraction of sp³-hybridized carbons (Fsp3) is 0.154. The van der Waals surface area contributed by atoms with Gasteiger partial charge in [0.2, 0.25) is 0 Å². The lowest BCUT2D eigenvalue weighted by molar-refractivity contribution is -0.136. The molecular formula is C13H12N4O4S2. The van der Waals surface area contributed by atoms with Crippen LogP contribution in [-0.4, -0.2) is 20.7 Å². The highest BCUT2D eigenvalue weighted by Gasteiger charge is 2.22. The Bertz CT molecular complexity index is 721. The van der Waals surface area contributed by atoms with Gasteiger partial charge in [0.05, 0.1) is 0 Å². The van der Waals surface area contributed by atoms with E-state index in [0.717, 1.165) is 20.5 Å². The molecule has 0 radical (unpaired) electrons. The summed E-state index contributed by atoms with van der Waals surface area (Å²) >= 11 is 0.858. The Kier molecular flexibility index (Phi) is 5.69. The molecule has 23 heavy (non-hydrogen) atoms. The number of carbonyl (C=O) groups is 1. The van der Waals surface area contributed by atoms with Crippen LogP contribution in [0.25, 0.3) is 10.4 Å². The van der Waals surface area contributed by atoms with Crippen LogP contribution in [0.15, 0.2) is 46.4 Å². The van der Waals surface area contributed by atoms with Gasteiger partial charge in [0, 0.05) is 27.6 Å². The van der Waals surface area contributed by atoms with E-state index in [1.807, 2.05) is 0 Å². The van der Waals surface area contributed by atoms with Gasteiger partial charge in [-0.2, -0.15) is 0 Å². The second kappa shape index (κ2) is 7.73. The molecule has 0 aliphatic heterocycles. The standard InChI is InChI=1S/C13H12N4O4S2/c1-8(17-11(18)6-7-12(17)19)13(20)21-23-22-10-4-2-9(3-5-10)15-16-14/h2-8,18-19H,1H3. The molecule has 2 N–H and O–H groups in total. The first kappa shape index (κ1) is 16.9. The normalized spacial score (nSPS) is 11.5. The molecule has 1 atom stereocenters. The zero-order valence-electron chi connectivity index (χ0n) is 11.9. The molecular weight excluding hydrogens is 340 g/mol. The quantitative estimate of drug-likeness (QED) is 0.263. The van der Waals surface area contributed by atoms with E-state index in [0.29, 0.717) is 5.69 Å². The molecule has 0 saturated heterocycles. The Balaban J connectivity index is 1.88. The summed E-state index contributed by atoms with van der Waals surface area (Å²) in [5, 5.41) is 22.6. The third kappa shape index (κ3) is 4.28. The van der Waals surface area contributed by atoms with Gasteiger partial charge in [0.15, 0.2) is 11.8 Å². The van der Waals surface area contributed by atoms with Crippen LogP contribution in [0, 0.1) is 0 Å². The highest BCUT2D eigenvalue weighted by atomic mass is 33.1. The van der Waals surface area contributed by atoms with E-state index in [2.05, 4.69) is 10.0 Å². The average Bonchev–Trinajstić information content (AvgIpc) is 2.87. The molecule has 1 aromatic carbocycles. The molecule has 0 aliphatic carbocycles. The summed E-state index contributed by atoms with van der Waals surface area (Å²) in [6.45, 7) is 1.50. The van der Waals surface area contributed by atoms with Crippen LogP contribution in [0.3, 0.4) is 0 Å². The molecule has 0 aliphatic rings. The smallest absolute Gasteiger partial charge is 0.341 e. The Morgan fingerprint density at radius 3 is 2.43 bits per heavy atom. The predicted octanol–water partition coefficient (Wildman–Crippen LogP) is 4.30. The number of rotatable bonds is 6. The number of azide groups is 1. The molecule has 0 saturated carbocycles. The van der Waals surface area contributed by atoms with Crippen LogP contribution in [-0.2, 0) is 8.98 Å². The number of hydrogen-bond acceptors (Lipinski definition) is 7. The SMILES string of the molecule is CC(C(=O)OSSc1ccc(N=[N+]=[N-])cc1)n1c(O)ccc1O. The summed E-state index contributed by atoms with van der Waals surface area (Å²) in [5.41, 5.74) is 8.81. The number of carbonyl (C=O) groups excluding carboxylic acids is 1. The van der Waals surface area contributed by atoms with E-state index in [9.17, 15) is 15.0 Å². The third-order valence-corrected chi connectivity index (χ3v) is 4.60. The Morgan fingerprint density at radius 1 is 1.26 bits per heavy atom. The van der Waals surface area contributed by atoms with Crippen LogP contribution >= 0.6 is 21.9 Å². The largest absolute Gasteiger partial charge is 0.494 e. The molecule has 2 rings (SSSR count). The lowest BCUT2D eigenvalue weighted by Crippen LogP contribution is -2.16. The summed E-state index contributed by atoms with van der Waals surface area (Å²) in [5.74, 6) is -1.06. The second-order valence-corrected chi connectivity index (χ2v) is 6.18. The lowest BCUT2D eigenvalue weighted by atomic mass is 10.3. The maximum absolute atomic E-state index is 11.9. The van der Waals surface area contributed by atoms with Crippen molar-refractivity contribution in [3.05, 3.63) is 46.8 Å². The van der Waals surface area contributed by atoms with Crippen LogP contribution in [0.1, 0.15) is 13.0 Å². The number of hydrogen-bond donors (Lipinski definition) is 2. The van der Waals surface area contributed by atoms with Gasteiger partial charge in [-0.3, -0.25) is 4.57 Å². The minimum absolute atomic E-state index is 0.224. The van der Waals surface area contributed by atoms with Crippen LogP contribution in [0.2, 0.25) is 0 Å². The molecule has 0 bridgehead atoms. The molecule has 10 heteroatoms. The van der Waals surface area contributed by atoms with Crippen LogP contribution in [0.5, 0.6) is 11.8 Å². The molecule has 1 unspecified atom stereocenters. The van der Waals surface area contributed by atoms with E-state index >= 15 is 0 Å². The van der Waals surface area contributed by atoms with Gasteiger partial charge in [0.1, 0.15) is 17.1 Å². The number of benzene rings is 1. The summed E-state index contributed by atoms with van der Waals surface area (Å²) in [7, 11) is 1.20. The van der Waals surface area contributed by atoms with Crippen molar-refractivity contribution < 1.29 is 19.2 Å². The van der Waals surface area contributed by atoms with Gasteiger partial charge < -0.3 is 14.4 Å². The molecule has 8 nitrogen and oxygen atoms in total. The number of aromatic nitrogens is 1. The maximum atomic E-state index is 11.9. The highest BCUT2D eigenvalue weighted by molar-refractivity contribution is 8.75. The van der Waals surface area contributed by atoms with E-state index < -0.39 is 12.0 Å². The first-order valence-electron chi connectivity index (χ1n) is 6.32. The van der Waals surface area contributed by atoms with Crippen molar-refractivity contribution in [2.24, 2.45) is 5.11 Å². The summed E-state index contributed by atoms with van der Waals surface area (Å²) in [6, 6.07) is 8.43. The fourth-order valence-electron chi connectivity index (χ4n) is 1.71. The Hall–Kier alpha value is -2.42. The van der Waals surface area contributed by atoms with Crippen LogP contribution < -0.4 is 0 Å². The summed E-state index contributed by atoms with van der Waals surface area (Å²) in [6.07, 6.45) is 0. The van der Waals surface area contributed by atoms with Gasteiger partial charge in [0.25, 0.3) is 0 Å². The number of aromatic hydroxyl groups is 2. The number of nitrogens with zero attached hydrogens (tertiary/aromatic N) is 4. The van der Waals surface area contributed by atoms with E-state index in [1.54, 1.807) is 24.3 Å². The summed E-state index contributed by atoms with van der Waals surface area (Å²) in [4.78, 5) is 15.4. The highest BCUT2D eigenvalue weighted by Crippen LogP contribution is 2.35. The molecule has 0 amide bonds. The van der Waals surface area contributed by atoms with Gasteiger partial charge in [-0.1, -0.05) is 17.2 Å². The monoisotopic (exact) mass is 352 g/mol. The second-order valence-electron chi connectivity index (χ2n) is 4.33. The van der Waals surface area contributed by atoms with Crippen LogP contribution in [0.4, 0.5) is 5.69 Å². The lowest BCUT2D eigenvalue weighted by Gasteiger charge is -2.13. The topological polar surface area (TPSA) is 120 Å². The Morgan fingerprint density at radius 2 is 1.87 bits per heavy atom. The molecule has 0 spiro atoms. The van der Waals surface area contributed by atoms with Crippen molar-refractivity contribution in [2.45, 2.75) is 17.9 Å². The van der Waals surface area contributed by atoms with Crippen molar-refractivity contribution in [1.82, 2.24) is 4.57 Å². The predicted molar refractivity (Wildman–Crippen MR) is 87.3 cm³/mol. The summed E-state index contributed by atoms with van der Waals surface area (Å²) < 4.78 is 6.09. The van der Waals surface area contributed by atoms with Crippen molar-refractivity contribution in [1.29, 1.82) is 0 Å². The molecule has 1 heterocycles. The minimum atomic E-state index is -0.870. The third-order valence-electron chi connectivity index (χ3n) is 2.85. The van der Waals surface area contributed by atoms with E-state index in [-0.39, 0.29) is 11.8 Å². The first-order chi connectivity index (χ1) is 11.0. The van der Waals surface area contributed by atoms with E-state index in [1.165, 1.54) is 29.9 Å². The zero-order valence-corrected chi connectivity index (χ0v) is 13.5. The van der Waals surface area contributed by atoms with Crippen molar-refractivity contribution in [3.8, 4) is 11.8 Å². The van der Waals surface area contributed by atoms with E-state index in [4.69, 9.17) is 9.71 Å². The molecule has 1 aromatic heterocycles. The average molecular weight is 352 g/mol. The first-order valence-corrected chi connectivity index (χ1v) is 8.39. The molecule has 2 aromatic rings. The van der Waals surface area contributed by atoms with Crippen molar-refractivity contribution >= 4 is 33.5 Å². The zero-order chi connectivity index (χ0) is 16.8. The maximum Gasteiger partial charge on any atom is 0.341 e. The van der Waals surface area contributed by atoms with Gasteiger partial charge in [-0.15, -0.1) is 0 Å². The fourth-order valence-corrected chi connectivity index (χ4v) is 3.15. The Labute approximate surface area is 139 Å². The van der Waals surface area contributed by atoms with Crippen molar-refractivity contribution in [3.63, 3.8) is 0 Å². The molecule has 0 fully saturated rings. The van der Waals surface area contributed by atoms with Gasteiger partial charge in [-0.25, -0.2) is 4.79 Å². The van der Waals surface area contributed by atoms with Crippen molar-refractivity contribution in [2.75, 3.05) is 0 Å². The minimum Gasteiger partial charge on any atom is -0.494 e. The van der Waals surface area contributed by atoms with Gasteiger partial charge in [-0.05, 0) is 35.4 Å². The molecule has 120 valence electrons.